The van der Waals surface area contributed by atoms with Crippen molar-refractivity contribution in [3.05, 3.63) is 54.9 Å². The van der Waals surface area contributed by atoms with Crippen LogP contribution in [0.15, 0.2) is 59.9 Å². The number of carbonyl (C=O) groups is 2. The Hall–Kier alpha value is -3.40. The van der Waals surface area contributed by atoms with Crippen molar-refractivity contribution in [3.63, 3.8) is 0 Å². The normalized spacial score (nSPS) is 13.8. The van der Waals surface area contributed by atoms with Gasteiger partial charge in [-0.2, -0.15) is 5.10 Å². The molecule has 32 heavy (non-hydrogen) atoms. The van der Waals surface area contributed by atoms with Gasteiger partial charge in [0.05, 0.1) is 23.7 Å². The molecule has 3 aromatic rings. The minimum atomic E-state index is -0.319. The van der Waals surface area contributed by atoms with E-state index in [0.29, 0.717) is 37.8 Å². The van der Waals surface area contributed by atoms with Crippen molar-refractivity contribution >= 4 is 23.8 Å². The van der Waals surface area contributed by atoms with Gasteiger partial charge in [-0.3, -0.25) is 4.79 Å². The number of hydrogen-bond donors (Lipinski definition) is 0. The maximum absolute atomic E-state index is 12.5. The van der Waals surface area contributed by atoms with Crippen LogP contribution in [0.3, 0.4) is 0 Å². The van der Waals surface area contributed by atoms with E-state index in [1.165, 1.54) is 11.8 Å². The average Bonchev–Trinajstić information content (AvgIpc) is 3.38. The van der Waals surface area contributed by atoms with Crippen LogP contribution in [-0.2, 0) is 9.53 Å². The number of rotatable bonds is 6. The van der Waals surface area contributed by atoms with Gasteiger partial charge in [0, 0.05) is 44.1 Å². The Labute approximate surface area is 190 Å². The van der Waals surface area contributed by atoms with E-state index in [4.69, 9.17) is 4.74 Å². The number of amides is 2. The SMILES string of the molecule is CCOC(=O)N1CCN(C(=O)CSc2ccc(-c3ccc(-n4cccn4)cc3)nn2)CC1. The zero-order valence-corrected chi connectivity index (χ0v) is 18.6. The van der Waals surface area contributed by atoms with Crippen molar-refractivity contribution < 1.29 is 14.3 Å². The summed E-state index contributed by atoms with van der Waals surface area (Å²) in [5, 5.41) is 13.5. The van der Waals surface area contributed by atoms with Crippen LogP contribution in [0.5, 0.6) is 0 Å². The fraction of sp³-hybridized carbons (Fsp3) is 0.318. The third-order valence-corrected chi connectivity index (χ3v) is 5.98. The minimum absolute atomic E-state index is 0.0265. The highest BCUT2D eigenvalue weighted by molar-refractivity contribution is 7.99. The zero-order chi connectivity index (χ0) is 22.3. The highest BCUT2D eigenvalue weighted by Crippen LogP contribution is 2.21. The summed E-state index contributed by atoms with van der Waals surface area (Å²) < 4.78 is 6.80. The maximum atomic E-state index is 12.5. The highest BCUT2D eigenvalue weighted by atomic mass is 32.2. The number of hydrogen-bond acceptors (Lipinski definition) is 7. The van der Waals surface area contributed by atoms with Crippen molar-refractivity contribution in [2.24, 2.45) is 0 Å². The van der Waals surface area contributed by atoms with Crippen LogP contribution in [-0.4, -0.2) is 80.3 Å². The Bertz CT molecular complexity index is 1030. The van der Waals surface area contributed by atoms with Gasteiger partial charge in [-0.05, 0) is 37.3 Å². The molecule has 0 radical (unpaired) electrons. The molecule has 3 heterocycles. The number of nitrogens with zero attached hydrogens (tertiary/aromatic N) is 6. The highest BCUT2D eigenvalue weighted by Gasteiger charge is 2.24. The second-order valence-electron chi connectivity index (χ2n) is 7.11. The van der Waals surface area contributed by atoms with E-state index in [-0.39, 0.29) is 17.8 Å². The molecular weight excluding hydrogens is 428 g/mol. The Kier molecular flexibility index (Phi) is 7.00. The van der Waals surface area contributed by atoms with Crippen LogP contribution in [0.25, 0.3) is 16.9 Å². The van der Waals surface area contributed by atoms with Gasteiger partial charge in [-0.15, -0.1) is 10.2 Å². The summed E-state index contributed by atoms with van der Waals surface area (Å²) in [6, 6.07) is 13.6. The zero-order valence-electron chi connectivity index (χ0n) is 17.8. The molecule has 0 saturated carbocycles. The van der Waals surface area contributed by atoms with Gasteiger partial charge in [0.1, 0.15) is 5.03 Å². The molecule has 0 spiro atoms. The first-order valence-corrected chi connectivity index (χ1v) is 11.4. The molecule has 10 heteroatoms. The van der Waals surface area contributed by atoms with E-state index in [1.807, 2.05) is 48.7 Å². The Morgan fingerprint density at radius 3 is 2.38 bits per heavy atom. The molecule has 0 N–H and O–H groups in total. The minimum Gasteiger partial charge on any atom is -0.450 e. The van der Waals surface area contributed by atoms with Gasteiger partial charge in [-0.25, -0.2) is 9.48 Å². The molecule has 166 valence electrons. The van der Waals surface area contributed by atoms with Crippen LogP contribution in [0, 0.1) is 0 Å². The molecule has 1 saturated heterocycles. The molecule has 1 aliphatic heterocycles. The van der Waals surface area contributed by atoms with E-state index in [1.54, 1.807) is 27.6 Å². The maximum Gasteiger partial charge on any atom is 0.409 e. The Morgan fingerprint density at radius 1 is 1.00 bits per heavy atom. The summed E-state index contributed by atoms with van der Waals surface area (Å²) in [6.07, 6.45) is 3.31. The van der Waals surface area contributed by atoms with Crippen LogP contribution in [0.2, 0.25) is 0 Å². The first-order chi connectivity index (χ1) is 15.6. The number of thioether (sulfide) groups is 1. The lowest BCUT2D eigenvalue weighted by molar-refractivity contribution is -0.129. The predicted octanol–water partition coefficient (Wildman–Crippen LogP) is 2.72. The summed E-state index contributed by atoms with van der Waals surface area (Å²) in [5.74, 6) is 0.310. The standard InChI is InChI=1S/C22H24N6O3S/c1-2-31-22(30)27-14-12-26(13-15-27)21(29)16-32-20-9-8-19(24-25-20)17-4-6-18(7-5-17)28-11-3-10-23-28/h3-11H,2,12-16H2,1H3. The van der Waals surface area contributed by atoms with E-state index in [2.05, 4.69) is 15.3 Å². The molecule has 0 aliphatic carbocycles. The molecule has 4 rings (SSSR count). The third-order valence-electron chi connectivity index (χ3n) is 5.07. The molecule has 1 fully saturated rings. The van der Waals surface area contributed by atoms with Crippen LogP contribution in [0.4, 0.5) is 4.79 Å². The number of carbonyl (C=O) groups excluding carboxylic acids is 2. The van der Waals surface area contributed by atoms with Crippen LogP contribution in [0.1, 0.15) is 6.92 Å². The van der Waals surface area contributed by atoms with Crippen molar-refractivity contribution in [1.82, 2.24) is 29.8 Å². The quantitative estimate of drug-likeness (QED) is 0.531. The number of ether oxygens (including phenoxy) is 1. The molecule has 0 unspecified atom stereocenters. The smallest absolute Gasteiger partial charge is 0.409 e. The largest absolute Gasteiger partial charge is 0.450 e. The van der Waals surface area contributed by atoms with Crippen LogP contribution < -0.4 is 0 Å². The van der Waals surface area contributed by atoms with E-state index < -0.39 is 0 Å². The lowest BCUT2D eigenvalue weighted by Crippen LogP contribution is -2.51. The summed E-state index contributed by atoms with van der Waals surface area (Å²) in [5.41, 5.74) is 2.70. The van der Waals surface area contributed by atoms with Gasteiger partial charge >= 0.3 is 6.09 Å². The van der Waals surface area contributed by atoms with Gasteiger partial charge < -0.3 is 14.5 Å². The monoisotopic (exact) mass is 452 g/mol. The van der Waals surface area contributed by atoms with Gasteiger partial charge in [0.25, 0.3) is 0 Å². The number of benzene rings is 1. The third kappa shape index (κ3) is 5.25. The number of aromatic nitrogens is 4. The van der Waals surface area contributed by atoms with Crippen LogP contribution >= 0.6 is 11.8 Å². The lowest BCUT2D eigenvalue weighted by atomic mass is 10.1. The molecule has 1 aromatic carbocycles. The van der Waals surface area contributed by atoms with Gasteiger partial charge in [0.15, 0.2) is 0 Å². The second kappa shape index (κ2) is 10.3. The number of piperazine rings is 1. The summed E-state index contributed by atoms with van der Waals surface area (Å²) in [6.45, 7) is 4.13. The van der Waals surface area contributed by atoms with Crippen molar-refractivity contribution in [3.8, 4) is 16.9 Å². The van der Waals surface area contributed by atoms with Gasteiger partial charge in [0.2, 0.25) is 5.91 Å². The first kappa shape index (κ1) is 21.8. The molecule has 1 aliphatic rings. The fourth-order valence-electron chi connectivity index (χ4n) is 3.34. The molecule has 2 amide bonds. The van der Waals surface area contributed by atoms with Crippen molar-refractivity contribution in [2.45, 2.75) is 11.9 Å². The molecular formula is C22H24N6O3S. The first-order valence-electron chi connectivity index (χ1n) is 10.4. The van der Waals surface area contributed by atoms with Crippen molar-refractivity contribution in [2.75, 3.05) is 38.5 Å². The fourth-order valence-corrected chi connectivity index (χ4v) is 4.05. The van der Waals surface area contributed by atoms with E-state index in [9.17, 15) is 9.59 Å². The lowest BCUT2D eigenvalue weighted by Gasteiger charge is -2.34. The summed E-state index contributed by atoms with van der Waals surface area (Å²) in [7, 11) is 0. The molecule has 2 aromatic heterocycles. The average molecular weight is 453 g/mol. The van der Waals surface area contributed by atoms with Gasteiger partial charge in [-0.1, -0.05) is 23.9 Å². The molecule has 0 atom stereocenters. The van der Waals surface area contributed by atoms with E-state index >= 15 is 0 Å². The Balaban J connectivity index is 1.27. The molecule has 0 bridgehead atoms. The van der Waals surface area contributed by atoms with Crippen molar-refractivity contribution in [1.29, 1.82) is 0 Å². The second-order valence-corrected chi connectivity index (χ2v) is 8.11. The van der Waals surface area contributed by atoms with E-state index in [0.717, 1.165) is 16.9 Å². The predicted molar refractivity (Wildman–Crippen MR) is 120 cm³/mol. The summed E-state index contributed by atoms with van der Waals surface area (Å²) >= 11 is 1.36. The Morgan fingerprint density at radius 2 is 1.75 bits per heavy atom. The topological polar surface area (TPSA) is 93.5 Å². The molecule has 9 nitrogen and oxygen atoms in total. The summed E-state index contributed by atoms with van der Waals surface area (Å²) in [4.78, 5) is 27.7.